The van der Waals surface area contributed by atoms with Gasteiger partial charge in [-0.15, -0.1) is 0 Å². The minimum absolute atomic E-state index is 0. The minimum atomic E-state index is -3.71. The summed E-state index contributed by atoms with van der Waals surface area (Å²) in [6, 6.07) is 0. The molecule has 0 bridgehead atoms. The zero-order chi connectivity index (χ0) is 15.8. The topological polar surface area (TPSA) is 36.9 Å². The van der Waals surface area contributed by atoms with Crippen LogP contribution in [0.4, 0.5) is 0 Å². The van der Waals surface area contributed by atoms with Crippen molar-refractivity contribution < 1.29 is 31.4 Å². The molecular weight excluding hydrogens is 338 g/mol. The van der Waals surface area contributed by atoms with Gasteiger partial charge in [0.15, 0.2) is 17.4 Å². The third-order valence-electron chi connectivity index (χ3n) is 3.28. The Balaban J connectivity index is -0.00000200. The van der Waals surface area contributed by atoms with E-state index >= 15 is 0 Å². The molecule has 23 heavy (non-hydrogen) atoms. The van der Waals surface area contributed by atoms with Crippen molar-refractivity contribution in [1.82, 2.24) is 0 Å². The van der Waals surface area contributed by atoms with Gasteiger partial charge in [0.2, 0.25) is 0 Å². The quantitative estimate of drug-likeness (QED) is 0.305. The molecule has 7 heteroatoms. The molecular formula is C16H41AlLiO4Ti. The zero-order valence-electron chi connectivity index (χ0n) is 14.7. The Morgan fingerprint density at radius 3 is 0.913 bits per heavy atom. The van der Waals surface area contributed by atoms with Gasteiger partial charge in [-0.1, -0.05) is 0 Å². The number of hydrogen-bond acceptors (Lipinski definition) is 4. The first-order valence-electron chi connectivity index (χ1n) is 8.93. The van der Waals surface area contributed by atoms with Crippen LogP contribution in [0, 0.1) is 0 Å². The molecule has 0 unspecified atom stereocenters. The maximum atomic E-state index is 6.05. The summed E-state index contributed by atoms with van der Waals surface area (Å²) in [6.45, 7) is 11.4. The van der Waals surface area contributed by atoms with Crippen molar-refractivity contribution in [2.45, 2.75) is 79.1 Å². The van der Waals surface area contributed by atoms with Crippen molar-refractivity contribution in [3.63, 3.8) is 0 Å². The predicted octanol–water partition coefficient (Wildman–Crippen LogP) is 2.97. The normalized spacial score (nSPS) is 11.7. The van der Waals surface area contributed by atoms with Crippen LogP contribution in [0.15, 0.2) is 0 Å². The van der Waals surface area contributed by atoms with Gasteiger partial charge < -0.3 is 0 Å². The molecule has 4 nitrogen and oxygen atoms in total. The van der Waals surface area contributed by atoms with Gasteiger partial charge in [0, 0.05) is 0 Å². The Morgan fingerprint density at radius 1 is 0.522 bits per heavy atom. The van der Waals surface area contributed by atoms with Gasteiger partial charge in [-0.3, -0.25) is 0 Å². The van der Waals surface area contributed by atoms with Crippen molar-refractivity contribution in [3.05, 3.63) is 0 Å². The van der Waals surface area contributed by atoms with Gasteiger partial charge in [0.1, 0.15) is 0 Å². The molecule has 0 N–H and O–H groups in total. The Labute approximate surface area is 172 Å². The van der Waals surface area contributed by atoms with Gasteiger partial charge in [0.05, 0.1) is 0 Å². The molecule has 0 aliphatic heterocycles. The van der Waals surface area contributed by atoms with E-state index in [1.54, 1.807) is 0 Å². The molecule has 0 aliphatic carbocycles. The number of hydrogen-bond donors (Lipinski definition) is 0. The van der Waals surface area contributed by atoms with Gasteiger partial charge in [-0.25, -0.2) is 0 Å². The molecule has 0 aromatic carbocycles. The fourth-order valence-electron chi connectivity index (χ4n) is 1.78. The second-order valence-electron chi connectivity index (χ2n) is 5.47. The zero-order valence-corrected chi connectivity index (χ0v) is 16.5. The standard InChI is InChI=1S/4C4H9O.Al.Li.Ti.5H/c4*1-2-3-4-5;;;;;;;;/h4*2-4H2,1H3;;;;;;;;/q4*-1;;;+4;;;;;. The van der Waals surface area contributed by atoms with E-state index in [1.807, 2.05) is 0 Å². The fraction of sp³-hybridized carbons (Fsp3) is 1.00. The average Bonchev–Trinajstić information content (AvgIpc) is 2.48. The van der Waals surface area contributed by atoms with Gasteiger partial charge >= 0.3 is 156 Å². The van der Waals surface area contributed by atoms with E-state index in [0.717, 1.165) is 51.4 Å². The Hall–Kier alpha value is 1.68. The molecule has 0 aliphatic rings. The third-order valence-corrected chi connectivity index (χ3v) is 7.30. The summed E-state index contributed by atoms with van der Waals surface area (Å²) in [4.78, 5) is 0. The third kappa shape index (κ3) is 16.9. The summed E-state index contributed by atoms with van der Waals surface area (Å²) >= 11 is -3.71. The first-order valence-corrected chi connectivity index (χ1v) is 11.9. The van der Waals surface area contributed by atoms with Crippen molar-refractivity contribution in [2.24, 2.45) is 0 Å². The Bertz CT molecular complexity index is 181. The SMILES string of the molecule is CCCC[O][TiH]([O]CCCC)([O]CCCC)[O]CCCC.[AlH3].[LiH]. The van der Waals surface area contributed by atoms with E-state index in [-0.39, 0.29) is 36.2 Å². The second kappa shape index (κ2) is 21.7. The summed E-state index contributed by atoms with van der Waals surface area (Å²) in [5, 5.41) is 0. The molecule has 0 fully saturated rings. The van der Waals surface area contributed by atoms with Crippen LogP contribution >= 0.6 is 0 Å². The Morgan fingerprint density at radius 2 is 0.739 bits per heavy atom. The molecule has 0 aromatic heterocycles. The molecule has 0 spiro atoms. The van der Waals surface area contributed by atoms with Crippen LogP contribution in [-0.4, -0.2) is 62.6 Å². The molecule has 0 rings (SSSR count). The van der Waals surface area contributed by atoms with Gasteiger partial charge in [0.25, 0.3) is 0 Å². The second-order valence-corrected chi connectivity index (χ2v) is 9.36. The summed E-state index contributed by atoms with van der Waals surface area (Å²) < 4.78 is 24.2. The first kappa shape index (κ1) is 29.4. The summed E-state index contributed by atoms with van der Waals surface area (Å²) in [5.41, 5.74) is 0. The van der Waals surface area contributed by atoms with Crippen LogP contribution in [0.1, 0.15) is 79.1 Å². The molecule has 0 amide bonds. The van der Waals surface area contributed by atoms with Crippen molar-refractivity contribution in [2.75, 3.05) is 26.4 Å². The van der Waals surface area contributed by atoms with Crippen LogP contribution in [0.25, 0.3) is 0 Å². The number of unbranched alkanes of at least 4 members (excludes halogenated alkanes) is 4. The van der Waals surface area contributed by atoms with Crippen LogP contribution in [-0.2, 0) is 31.4 Å². The first-order chi connectivity index (χ1) is 10.2. The number of rotatable bonds is 16. The molecule has 0 saturated heterocycles. The van der Waals surface area contributed by atoms with E-state index in [0.29, 0.717) is 26.4 Å². The van der Waals surface area contributed by atoms with Crippen molar-refractivity contribution >= 4 is 36.2 Å². The summed E-state index contributed by atoms with van der Waals surface area (Å²) in [7, 11) is 0. The van der Waals surface area contributed by atoms with Crippen LogP contribution in [0.2, 0.25) is 0 Å². The van der Waals surface area contributed by atoms with E-state index in [9.17, 15) is 0 Å². The molecule has 0 atom stereocenters. The molecule has 0 saturated carbocycles. The molecule has 0 heterocycles. The monoisotopic (exact) mass is 379 g/mol. The van der Waals surface area contributed by atoms with E-state index in [2.05, 4.69) is 27.7 Å². The summed E-state index contributed by atoms with van der Waals surface area (Å²) in [5.74, 6) is 0. The van der Waals surface area contributed by atoms with Gasteiger partial charge in [-0.2, -0.15) is 0 Å². The Kier molecular flexibility index (Phi) is 27.8. The van der Waals surface area contributed by atoms with Gasteiger partial charge in [-0.05, 0) is 0 Å². The fourth-order valence-corrected chi connectivity index (χ4v) is 5.52. The van der Waals surface area contributed by atoms with E-state index < -0.39 is 18.1 Å². The average molecular weight is 379 g/mol. The van der Waals surface area contributed by atoms with Crippen LogP contribution < -0.4 is 0 Å². The van der Waals surface area contributed by atoms with E-state index in [4.69, 9.17) is 13.3 Å². The maximum absolute atomic E-state index is 6.05. The van der Waals surface area contributed by atoms with E-state index in [1.165, 1.54) is 0 Å². The van der Waals surface area contributed by atoms with Crippen molar-refractivity contribution in [1.29, 1.82) is 0 Å². The van der Waals surface area contributed by atoms with Crippen molar-refractivity contribution in [3.8, 4) is 0 Å². The molecule has 0 aromatic rings. The van der Waals surface area contributed by atoms with Crippen LogP contribution in [0.3, 0.4) is 0 Å². The summed E-state index contributed by atoms with van der Waals surface area (Å²) in [6.07, 6.45) is 8.56. The molecule has 0 radical (unpaired) electrons. The molecule has 137 valence electrons. The van der Waals surface area contributed by atoms with Crippen LogP contribution in [0.5, 0.6) is 0 Å². The predicted molar refractivity (Wildman–Crippen MR) is 102 cm³/mol.